The second kappa shape index (κ2) is 12.6. The minimum atomic E-state index is -0.582. The summed E-state index contributed by atoms with van der Waals surface area (Å²) in [5, 5.41) is 2.11. The molecule has 0 unspecified atom stereocenters. The van der Waals surface area contributed by atoms with Crippen molar-refractivity contribution in [3.8, 4) is 68.3 Å². The van der Waals surface area contributed by atoms with Crippen molar-refractivity contribution in [3.63, 3.8) is 0 Å². The molecule has 2 aromatic heterocycles. The van der Waals surface area contributed by atoms with Crippen LogP contribution in [0.5, 0.6) is 23.0 Å². The molecule has 3 heterocycles. The Morgan fingerprint density at radius 3 is 1.79 bits per heavy atom. The molecule has 0 radical (unpaired) electrons. The lowest BCUT2D eigenvalue weighted by molar-refractivity contribution is 0.361. The van der Waals surface area contributed by atoms with E-state index in [0.29, 0.717) is 46.0 Å². The summed E-state index contributed by atoms with van der Waals surface area (Å²) in [5.41, 5.74) is 10.2. The fraction of sp³-hybridized carbons (Fsp3) is 0.0192. The zero-order chi connectivity index (χ0) is 38.2. The summed E-state index contributed by atoms with van der Waals surface area (Å²) in [5.74, 6) is 3.97. The zero-order valence-electron chi connectivity index (χ0n) is 31.0. The van der Waals surface area contributed by atoms with Crippen LogP contribution >= 0.6 is 0 Å². The number of hydrogen-bond donors (Lipinski definition) is 0. The summed E-state index contributed by atoms with van der Waals surface area (Å²) in [4.78, 5) is 15.2. The first kappa shape index (κ1) is 32.4. The smallest absolute Gasteiger partial charge is 0.181 e. The van der Waals surface area contributed by atoms with E-state index >= 15 is 0 Å². The first-order valence-electron chi connectivity index (χ1n) is 19.3. The van der Waals surface area contributed by atoms with Gasteiger partial charge in [0.25, 0.3) is 0 Å². The number of benzene rings is 8. The van der Waals surface area contributed by atoms with Gasteiger partial charge in [0, 0.05) is 27.5 Å². The van der Waals surface area contributed by atoms with E-state index in [9.17, 15) is 0 Å². The van der Waals surface area contributed by atoms with Gasteiger partial charge in [0.1, 0.15) is 11.2 Å². The minimum Gasteiger partial charge on any atom is -0.456 e. The van der Waals surface area contributed by atoms with Crippen molar-refractivity contribution >= 4 is 21.9 Å². The summed E-state index contributed by atoms with van der Waals surface area (Å²) in [6, 6.07) is 64.4. The Hall–Kier alpha value is -7.83. The lowest BCUT2D eigenvalue weighted by Gasteiger charge is -2.34. The third-order valence-corrected chi connectivity index (χ3v) is 11.5. The molecule has 58 heavy (non-hydrogen) atoms. The van der Waals surface area contributed by atoms with Crippen LogP contribution in [0.15, 0.2) is 192 Å². The summed E-state index contributed by atoms with van der Waals surface area (Å²) in [6.07, 6.45) is 0. The molecule has 0 atom stereocenters. The van der Waals surface area contributed by atoms with Crippen molar-refractivity contribution in [2.45, 2.75) is 5.41 Å². The number of ether oxygens (including phenoxy) is 2. The molecule has 0 spiro atoms. The molecule has 0 fully saturated rings. The highest BCUT2D eigenvalue weighted by Gasteiger charge is 2.48. The molecule has 0 N–H and O–H groups in total. The van der Waals surface area contributed by atoms with E-state index in [1.165, 1.54) is 16.7 Å². The Morgan fingerprint density at radius 1 is 0.379 bits per heavy atom. The maximum atomic E-state index is 7.17. The van der Waals surface area contributed by atoms with E-state index in [4.69, 9.17) is 28.8 Å². The summed E-state index contributed by atoms with van der Waals surface area (Å²) < 4.78 is 20.2. The second-order valence-electron chi connectivity index (χ2n) is 14.7. The SMILES string of the molecule is c1ccc(-c2nc(-c3ccc4c(c3)oc3ccccc34)nc(-c3cccc4c3Oc3c(ccc5c3-c3ccccc3C5(c3ccccc3)c3ccccc3)O4)n2)cc1. The molecule has 0 bridgehead atoms. The van der Waals surface area contributed by atoms with Gasteiger partial charge in [-0.15, -0.1) is 0 Å². The highest BCUT2D eigenvalue weighted by molar-refractivity contribution is 6.05. The average Bonchev–Trinajstić information content (AvgIpc) is 3.82. The number of fused-ring (bicyclic) bond motifs is 9. The lowest BCUT2D eigenvalue weighted by Crippen LogP contribution is -2.28. The molecule has 2 aliphatic rings. The molecule has 8 aromatic carbocycles. The van der Waals surface area contributed by atoms with Crippen LogP contribution in [0.1, 0.15) is 22.3 Å². The Kier molecular flexibility index (Phi) is 7.04. The van der Waals surface area contributed by atoms with E-state index in [1.54, 1.807) is 0 Å². The van der Waals surface area contributed by atoms with Crippen LogP contribution in [-0.4, -0.2) is 15.0 Å². The number of para-hydroxylation sites is 2. The molecule has 272 valence electrons. The molecule has 12 rings (SSSR count). The van der Waals surface area contributed by atoms with Crippen LogP contribution in [-0.2, 0) is 5.41 Å². The van der Waals surface area contributed by atoms with E-state index in [2.05, 4.69) is 103 Å². The molecule has 0 saturated carbocycles. The standard InChI is InChI=1S/C52H31N3O3/c1-4-15-32(16-5-1)49-53-50(33-27-28-37-36-21-11-13-25-42(36)56-45(37)31-33)55-51(54-49)39-23-14-26-43-47(39)58-48-44(57-43)30-29-41-46(48)38-22-10-12-24-40(38)52(41,34-17-6-2-7-18-34)35-19-8-3-9-20-35/h1-31H. The summed E-state index contributed by atoms with van der Waals surface area (Å²) in [6.45, 7) is 0. The quantitative estimate of drug-likeness (QED) is 0.175. The molecular formula is C52H31N3O3. The maximum absolute atomic E-state index is 7.17. The summed E-state index contributed by atoms with van der Waals surface area (Å²) >= 11 is 0. The van der Waals surface area contributed by atoms with Crippen molar-refractivity contribution in [1.29, 1.82) is 0 Å². The van der Waals surface area contributed by atoms with Gasteiger partial charge in [-0.1, -0.05) is 152 Å². The van der Waals surface area contributed by atoms with Crippen molar-refractivity contribution in [2.75, 3.05) is 0 Å². The maximum Gasteiger partial charge on any atom is 0.181 e. The van der Waals surface area contributed by atoms with Gasteiger partial charge in [-0.25, -0.2) is 15.0 Å². The number of furan rings is 1. The van der Waals surface area contributed by atoms with Crippen LogP contribution in [0.3, 0.4) is 0 Å². The van der Waals surface area contributed by atoms with Gasteiger partial charge in [0.2, 0.25) is 0 Å². The molecular weight excluding hydrogens is 715 g/mol. The van der Waals surface area contributed by atoms with Gasteiger partial charge in [0.05, 0.1) is 11.0 Å². The van der Waals surface area contributed by atoms with Crippen molar-refractivity contribution in [3.05, 3.63) is 210 Å². The Balaban J connectivity index is 1.05. The highest BCUT2D eigenvalue weighted by atomic mass is 16.6. The number of rotatable bonds is 5. The highest BCUT2D eigenvalue weighted by Crippen LogP contribution is 2.62. The van der Waals surface area contributed by atoms with Crippen LogP contribution in [0.25, 0.3) is 67.2 Å². The van der Waals surface area contributed by atoms with E-state index in [0.717, 1.165) is 49.8 Å². The van der Waals surface area contributed by atoms with Gasteiger partial charge < -0.3 is 13.9 Å². The Bertz CT molecular complexity index is 3190. The molecule has 10 aromatic rings. The first-order valence-corrected chi connectivity index (χ1v) is 19.3. The Labute approximate surface area is 333 Å². The average molecular weight is 746 g/mol. The first-order chi connectivity index (χ1) is 28.7. The lowest BCUT2D eigenvalue weighted by atomic mass is 9.68. The molecule has 1 aliphatic heterocycles. The van der Waals surface area contributed by atoms with E-state index in [1.807, 2.05) is 84.9 Å². The normalized spacial score (nSPS) is 13.2. The van der Waals surface area contributed by atoms with Gasteiger partial charge in [-0.05, 0) is 64.2 Å². The topological polar surface area (TPSA) is 70.3 Å². The fourth-order valence-electron chi connectivity index (χ4n) is 8.97. The predicted octanol–water partition coefficient (Wildman–Crippen LogP) is 13.0. The number of nitrogens with zero attached hydrogens (tertiary/aromatic N) is 3. The zero-order valence-corrected chi connectivity index (χ0v) is 31.0. The molecule has 6 heteroatoms. The number of aromatic nitrogens is 3. The molecule has 1 aliphatic carbocycles. The third-order valence-electron chi connectivity index (χ3n) is 11.5. The van der Waals surface area contributed by atoms with Crippen LogP contribution in [0, 0.1) is 0 Å². The number of hydrogen-bond acceptors (Lipinski definition) is 6. The van der Waals surface area contributed by atoms with Crippen LogP contribution < -0.4 is 9.47 Å². The van der Waals surface area contributed by atoms with Gasteiger partial charge in [-0.2, -0.15) is 0 Å². The van der Waals surface area contributed by atoms with Crippen molar-refractivity contribution < 1.29 is 13.9 Å². The van der Waals surface area contributed by atoms with Crippen molar-refractivity contribution in [2.24, 2.45) is 0 Å². The fourth-order valence-corrected chi connectivity index (χ4v) is 8.97. The molecule has 0 saturated heterocycles. The third kappa shape index (κ3) is 4.75. The van der Waals surface area contributed by atoms with Gasteiger partial charge >= 0.3 is 0 Å². The Morgan fingerprint density at radius 2 is 1.00 bits per heavy atom. The summed E-state index contributed by atoms with van der Waals surface area (Å²) in [7, 11) is 0. The minimum absolute atomic E-state index is 0.466. The van der Waals surface area contributed by atoms with Gasteiger partial charge in [-0.3, -0.25) is 0 Å². The monoisotopic (exact) mass is 745 g/mol. The largest absolute Gasteiger partial charge is 0.456 e. The molecule has 6 nitrogen and oxygen atoms in total. The van der Waals surface area contributed by atoms with E-state index in [-0.39, 0.29) is 0 Å². The second-order valence-corrected chi connectivity index (χ2v) is 14.7. The van der Waals surface area contributed by atoms with Crippen LogP contribution in [0.4, 0.5) is 0 Å². The van der Waals surface area contributed by atoms with Crippen LogP contribution in [0.2, 0.25) is 0 Å². The molecule has 0 amide bonds. The van der Waals surface area contributed by atoms with Gasteiger partial charge in [0.15, 0.2) is 40.5 Å². The van der Waals surface area contributed by atoms with E-state index < -0.39 is 5.41 Å². The predicted molar refractivity (Wildman–Crippen MR) is 227 cm³/mol. The van der Waals surface area contributed by atoms with Crippen molar-refractivity contribution in [1.82, 2.24) is 15.0 Å².